The molecule has 0 spiro atoms. The average molecular weight is 351 g/mol. The largest absolute Gasteiger partial charge is 0.496 e. The van der Waals surface area contributed by atoms with Crippen LogP contribution in [0.3, 0.4) is 0 Å². The molecular formula is C17H21NO5S. The number of methoxy groups -OCH3 is 3. The summed E-state index contributed by atoms with van der Waals surface area (Å²) in [5.41, 5.74) is 0.754. The molecule has 6 nitrogen and oxygen atoms in total. The summed E-state index contributed by atoms with van der Waals surface area (Å²) in [7, 11) is 0.770. The molecule has 0 aromatic heterocycles. The third kappa shape index (κ3) is 3.80. The van der Waals surface area contributed by atoms with Crippen LogP contribution in [-0.4, -0.2) is 29.7 Å². The molecule has 1 N–H and O–H groups in total. The highest BCUT2D eigenvalue weighted by molar-refractivity contribution is 7.89. The summed E-state index contributed by atoms with van der Waals surface area (Å²) in [4.78, 5) is 0.0990. The molecule has 0 radical (unpaired) electrons. The Morgan fingerprint density at radius 2 is 1.50 bits per heavy atom. The van der Waals surface area contributed by atoms with E-state index in [-0.39, 0.29) is 4.90 Å². The molecule has 0 amide bonds. The third-order valence-electron chi connectivity index (χ3n) is 3.60. The van der Waals surface area contributed by atoms with Crippen LogP contribution in [-0.2, 0) is 10.0 Å². The monoisotopic (exact) mass is 351 g/mol. The molecule has 2 aromatic rings. The van der Waals surface area contributed by atoms with E-state index in [1.165, 1.54) is 26.4 Å². The van der Waals surface area contributed by atoms with Crippen LogP contribution in [0.25, 0.3) is 0 Å². The zero-order valence-electron chi connectivity index (χ0n) is 14.1. The van der Waals surface area contributed by atoms with Gasteiger partial charge in [0.2, 0.25) is 10.0 Å². The van der Waals surface area contributed by atoms with Crippen molar-refractivity contribution in [2.24, 2.45) is 0 Å². The van der Waals surface area contributed by atoms with Crippen LogP contribution in [0, 0.1) is 0 Å². The second-order valence-corrected chi connectivity index (χ2v) is 6.82. The Morgan fingerprint density at radius 1 is 0.875 bits per heavy atom. The van der Waals surface area contributed by atoms with Crippen molar-refractivity contribution in [3.63, 3.8) is 0 Å². The highest BCUT2D eigenvalue weighted by atomic mass is 32.2. The van der Waals surface area contributed by atoms with Gasteiger partial charge < -0.3 is 14.2 Å². The zero-order chi connectivity index (χ0) is 17.7. The van der Waals surface area contributed by atoms with Crippen LogP contribution < -0.4 is 18.9 Å². The van der Waals surface area contributed by atoms with Gasteiger partial charge >= 0.3 is 0 Å². The average Bonchev–Trinajstić information content (AvgIpc) is 2.60. The summed E-state index contributed by atoms with van der Waals surface area (Å²) in [6, 6.07) is 11.3. The number of sulfonamides is 1. The fraction of sp³-hybridized carbons (Fsp3) is 0.294. The number of benzene rings is 2. The molecule has 0 saturated carbocycles. The van der Waals surface area contributed by atoms with Gasteiger partial charge in [0.05, 0.1) is 26.2 Å². The Balaban J connectivity index is 2.31. The number of hydrogen-bond acceptors (Lipinski definition) is 5. The molecule has 7 heteroatoms. The van der Waals surface area contributed by atoms with Crippen LogP contribution in [0.15, 0.2) is 47.4 Å². The first-order valence-electron chi connectivity index (χ1n) is 7.30. The van der Waals surface area contributed by atoms with Crippen LogP contribution in [0.5, 0.6) is 17.2 Å². The fourth-order valence-electron chi connectivity index (χ4n) is 2.37. The molecule has 0 saturated heterocycles. The molecule has 0 heterocycles. The van der Waals surface area contributed by atoms with Gasteiger partial charge in [0.1, 0.15) is 5.75 Å². The molecule has 2 rings (SSSR count). The van der Waals surface area contributed by atoms with E-state index in [1.54, 1.807) is 26.2 Å². The maximum atomic E-state index is 12.6. The van der Waals surface area contributed by atoms with Gasteiger partial charge in [-0.3, -0.25) is 0 Å². The minimum Gasteiger partial charge on any atom is -0.496 e. The van der Waals surface area contributed by atoms with E-state index in [2.05, 4.69) is 4.72 Å². The summed E-state index contributed by atoms with van der Waals surface area (Å²) in [5, 5.41) is 0. The van der Waals surface area contributed by atoms with Crippen molar-refractivity contribution >= 4 is 10.0 Å². The topological polar surface area (TPSA) is 73.9 Å². The minimum atomic E-state index is -3.73. The summed E-state index contributed by atoms with van der Waals surface area (Å²) in [5.74, 6) is 1.44. The molecule has 1 atom stereocenters. The smallest absolute Gasteiger partial charge is 0.241 e. The van der Waals surface area contributed by atoms with Crippen LogP contribution in [0.2, 0.25) is 0 Å². The number of hydrogen-bond donors (Lipinski definition) is 1. The first-order chi connectivity index (χ1) is 11.4. The van der Waals surface area contributed by atoms with Gasteiger partial charge in [-0.2, -0.15) is 0 Å². The normalized spacial score (nSPS) is 12.5. The maximum absolute atomic E-state index is 12.6. The second-order valence-electron chi connectivity index (χ2n) is 5.10. The number of rotatable bonds is 7. The third-order valence-corrected chi connectivity index (χ3v) is 5.14. The van der Waals surface area contributed by atoms with E-state index in [1.807, 2.05) is 18.2 Å². The van der Waals surface area contributed by atoms with Crippen molar-refractivity contribution in [1.82, 2.24) is 4.72 Å². The van der Waals surface area contributed by atoms with Gasteiger partial charge in [0.15, 0.2) is 11.5 Å². The summed E-state index contributed by atoms with van der Waals surface area (Å²) < 4.78 is 43.5. The Morgan fingerprint density at radius 3 is 2.12 bits per heavy atom. The lowest BCUT2D eigenvalue weighted by Crippen LogP contribution is -2.27. The van der Waals surface area contributed by atoms with Gasteiger partial charge in [-0.1, -0.05) is 18.2 Å². The predicted octanol–water partition coefficient (Wildman–Crippen LogP) is 2.75. The van der Waals surface area contributed by atoms with Crippen molar-refractivity contribution < 1.29 is 22.6 Å². The lowest BCUT2D eigenvalue weighted by molar-refractivity contribution is 0.354. The fourth-order valence-corrected chi connectivity index (χ4v) is 3.61. The molecule has 2 aromatic carbocycles. The van der Waals surface area contributed by atoms with Gasteiger partial charge in [-0.05, 0) is 25.1 Å². The first kappa shape index (κ1) is 18.1. The molecule has 0 aliphatic carbocycles. The second kappa shape index (κ2) is 7.55. The van der Waals surface area contributed by atoms with E-state index in [0.29, 0.717) is 17.2 Å². The molecule has 0 bridgehead atoms. The molecule has 0 aliphatic rings. The van der Waals surface area contributed by atoms with Crippen molar-refractivity contribution in [2.45, 2.75) is 17.9 Å². The molecule has 130 valence electrons. The lowest BCUT2D eigenvalue weighted by atomic mass is 10.1. The van der Waals surface area contributed by atoms with E-state index in [0.717, 1.165) is 5.56 Å². The van der Waals surface area contributed by atoms with Crippen molar-refractivity contribution in [3.8, 4) is 17.2 Å². The van der Waals surface area contributed by atoms with Gasteiger partial charge in [-0.25, -0.2) is 13.1 Å². The summed E-state index contributed by atoms with van der Waals surface area (Å²) in [6.45, 7) is 1.76. The quantitative estimate of drug-likeness (QED) is 0.830. The van der Waals surface area contributed by atoms with E-state index < -0.39 is 16.1 Å². The summed E-state index contributed by atoms with van der Waals surface area (Å²) >= 11 is 0. The van der Waals surface area contributed by atoms with Crippen molar-refractivity contribution in [2.75, 3.05) is 21.3 Å². The Hall–Kier alpha value is -2.25. The van der Waals surface area contributed by atoms with Gasteiger partial charge in [-0.15, -0.1) is 0 Å². The summed E-state index contributed by atoms with van der Waals surface area (Å²) in [6.07, 6.45) is 0. The van der Waals surface area contributed by atoms with Crippen molar-refractivity contribution in [1.29, 1.82) is 0 Å². The van der Waals surface area contributed by atoms with Crippen LogP contribution in [0.4, 0.5) is 0 Å². The lowest BCUT2D eigenvalue weighted by Gasteiger charge is -2.18. The number of para-hydroxylation sites is 1. The van der Waals surface area contributed by atoms with Gasteiger partial charge in [0, 0.05) is 17.7 Å². The maximum Gasteiger partial charge on any atom is 0.241 e. The number of ether oxygens (including phenoxy) is 3. The standard InChI is InChI=1S/C17H21NO5S/c1-12(14-7-5-6-8-15(14)21-2)18-24(19,20)13-9-10-16(22-3)17(11-13)23-4/h5-12,18H,1-4H3/t12-/m1/s1. The highest BCUT2D eigenvalue weighted by Gasteiger charge is 2.21. The van der Waals surface area contributed by atoms with Crippen LogP contribution >= 0.6 is 0 Å². The SMILES string of the molecule is COc1ccc(S(=O)(=O)N[C@H](C)c2ccccc2OC)cc1OC. The van der Waals surface area contributed by atoms with Crippen molar-refractivity contribution in [3.05, 3.63) is 48.0 Å². The predicted molar refractivity (Wildman–Crippen MR) is 91.3 cm³/mol. The first-order valence-corrected chi connectivity index (χ1v) is 8.78. The van der Waals surface area contributed by atoms with Gasteiger partial charge in [0.25, 0.3) is 0 Å². The minimum absolute atomic E-state index is 0.0990. The van der Waals surface area contributed by atoms with E-state index in [9.17, 15) is 8.42 Å². The molecule has 0 fully saturated rings. The Bertz CT molecular complexity index is 804. The Kier molecular flexibility index (Phi) is 5.69. The molecular weight excluding hydrogens is 330 g/mol. The van der Waals surface area contributed by atoms with E-state index in [4.69, 9.17) is 14.2 Å². The number of nitrogens with one attached hydrogen (secondary N) is 1. The molecule has 24 heavy (non-hydrogen) atoms. The Labute approximate surface area is 142 Å². The molecule has 0 unspecified atom stereocenters. The van der Waals surface area contributed by atoms with Crippen LogP contribution in [0.1, 0.15) is 18.5 Å². The highest BCUT2D eigenvalue weighted by Crippen LogP contribution is 2.31. The van der Waals surface area contributed by atoms with E-state index >= 15 is 0 Å². The molecule has 0 aliphatic heterocycles. The zero-order valence-corrected chi connectivity index (χ0v) is 14.9.